The zero-order valence-corrected chi connectivity index (χ0v) is 14.8. The number of halogens is 2. The molecular weight excluding hydrogens is 387 g/mol. The van der Waals surface area contributed by atoms with Gasteiger partial charge in [-0.1, -0.05) is 22.5 Å². The fourth-order valence-electron chi connectivity index (χ4n) is 3.13. The second-order valence-corrected chi connectivity index (χ2v) is 8.44. The second kappa shape index (κ2) is 6.51. The van der Waals surface area contributed by atoms with Gasteiger partial charge in [0.2, 0.25) is 10.0 Å². The molecule has 0 bridgehead atoms. The molecule has 2 N–H and O–H groups in total. The van der Waals surface area contributed by atoms with Crippen LogP contribution in [0.4, 0.5) is 10.1 Å². The molecule has 1 aromatic rings. The average Bonchev–Trinajstić information content (AvgIpc) is 2.52. The normalized spacial score (nSPS) is 26.8. The maximum atomic E-state index is 14.1. The predicted octanol–water partition coefficient (Wildman–Crippen LogP) is 2.91. The highest BCUT2D eigenvalue weighted by atomic mass is 79.9. The fourth-order valence-corrected chi connectivity index (χ4v) is 4.11. The maximum absolute atomic E-state index is 14.1. The van der Waals surface area contributed by atoms with E-state index in [-0.39, 0.29) is 30.5 Å². The van der Waals surface area contributed by atoms with Crippen molar-refractivity contribution >= 4 is 31.6 Å². The molecule has 0 radical (unpaired) electrons. The summed E-state index contributed by atoms with van der Waals surface area (Å²) in [7, 11) is -3.47. The molecule has 2 heterocycles. The SMILES string of the molecule is C=CS(=O)(=O)NCC1CCC2CNc3c(F)cc(Br)cc3C2O1. The summed E-state index contributed by atoms with van der Waals surface area (Å²) < 4.78 is 46.2. The lowest BCUT2D eigenvalue weighted by Crippen LogP contribution is -2.41. The molecule has 0 spiro atoms. The third-order valence-corrected chi connectivity index (χ3v) is 5.76. The van der Waals surface area contributed by atoms with E-state index in [1.54, 1.807) is 0 Å². The summed E-state index contributed by atoms with van der Waals surface area (Å²) in [6, 6.07) is 3.28. The molecule has 0 aliphatic carbocycles. The van der Waals surface area contributed by atoms with E-state index in [1.165, 1.54) is 6.07 Å². The van der Waals surface area contributed by atoms with E-state index in [1.807, 2.05) is 6.07 Å². The van der Waals surface area contributed by atoms with Crippen molar-refractivity contribution in [3.05, 3.63) is 40.0 Å². The van der Waals surface area contributed by atoms with Crippen LogP contribution in [0.2, 0.25) is 0 Å². The zero-order chi connectivity index (χ0) is 16.6. The highest BCUT2D eigenvalue weighted by molar-refractivity contribution is 9.10. The molecule has 3 rings (SSSR count). The van der Waals surface area contributed by atoms with Crippen LogP contribution in [0.5, 0.6) is 0 Å². The minimum absolute atomic E-state index is 0.191. The minimum atomic E-state index is -3.47. The number of sulfonamides is 1. The molecule has 0 aromatic heterocycles. The molecule has 0 amide bonds. The van der Waals surface area contributed by atoms with Gasteiger partial charge in [-0.15, -0.1) is 0 Å². The summed E-state index contributed by atoms with van der Waals surface area (Å²) in [4.78, 5) is 0. The highest BCUT2D eigenvalue weighted by Crippen LogP contribution is 2.44. The Bertz CT molecular complexity index is 726. The molecule has 3 unspecified atom stereocenters. The van der Waals surface area contributed by atoms with Crippen LogP contribution < -0.4 is 10.0 Å². The molecule has 2 aliphatic heterocycles. The second-order valence-electron chi connectivity index (χ2n) is 5.81. The van der Waals surface area contributed by atoms with E-state index >= 15 is 0 Å². The van der Waals surface area contributed by atoms with Gasteiger partial charge >= 0.3 is 0 Å². The molecular formula is C15H18BrFN2O3S. The van der Waals surface area contributed by atoms with Crippen LogP contribution in [-0.4, -0.2) is 27.6 Å². The van der Waals surface area contributed by atoms with Crippen molar-refractivity contribution in [3.63, 3.8) is 0 Å². The average molecular weight is 405 g/mol. The zero-order valence-electron chi connectivity index (χ0n) is 12.4. The Hall–Kier alpha value is -0.960. The first kappa shape index (κ1) is 16.9. The third-order valence-electron chi connectivity index (χ3n) is 4.29. The number of anilines is 1. The number of ether oxygens (including phenoxy) is 1. The molecule has 23 heavy (non-hydrogen) atoms. The largest absolute Gasteiger partial charge is 0.382 e. The Morgan fingerprint density at radius 3 is 3.00 bits per heavy atom. The van der Waals surface area contributed by atoms with Crippen molar-refractivity contribution in [3.8, 4) is 0 Å². The van der Waals surface area contributed by atoms with Gasteiger partial charge in [-0.2, -0.15) is 0 Å². The Morgan fingerprint density at radius 1 is 1.48 bits per heavy atom. The van der Waals surface area contributed by atoms with Crippen molar-refractivity contribution in [2.24, 2.45) is 5.92 Å². The summed E-state index contributed by atoms with van der Waals surface area (Å²) in [6.07, 6.45) is 1.18. The summed E-state index contributed by atoms with van der Waals surface area (Å²) >= 11 is 3.31. The Balaban J connectivity index is 1.78. The summed E-state index contributed by atoms with van der Waals surface area (Å²) in [6.45, 7) is 4.11. The molecule has 1 fully saturated rings. The van der Waals surface area contributed by atoms with Gasteiger partial charge in [0.25, 0.3) is 0 Å². The molecule has 3 atom stereocenters. The topological polar surface area (TPSA) is 67.4 Å². The number of hydrogen-bond acceptors (Lipinski definition) is 4. The third kappa shape index (κ3) is 3.60. The summed E-state index contributed by atoms with van der Waals surface area (Å²) in [5.74, 6) is -0.0608. The van der Waals surface area contributed by atoms with E-state index in [0.717, 1.165) is 23.8 Å². The first-order chi connectivity index (χ1) is 10.9. The van der Waals surface area contributed by atoms with Gasteiger partial charge in [-0.05, 0) is 25.0 Å². The first-order valence-corrected chi connectivity index (χ1v) is 9.74. The molecule has 1 saturated heterocycles. The molecule has 8 heteroatoms. The number of fused-ring (bicyclic) bond motifs is 3. The summed E-state index contributed by atoms with van der Waals surface area (Å²) in [5.41, 5.74) is 1.26. The lowest BCUT2D eigenvalue weighted by molar-refractivity contribution is -0.0809. The van der Waals surface area contributed by atoms with Crippen LogP contribution in [0.15, 0.2) is 28.6 Å². The number of hydrogen-bond donors (Lipinski definition) is 2. The quantitative estimate of drug-likeness (QED) is 0.809. The van der Waals surface area contributed by atoms with Crippen molar-refractivity contribution in [2.75, 3.05) is 18.4 Å². The van der Waals surface area contributed by atoms with Crippen molar-refractivity contribution in [1.82, 2.24) is 4.72 Å². The smallest absolute Gasteiger partial charge is 0.233 e. The van der Waals surface area contributed by atoms with E-state index in [9.17, 15) is 12.8 Å². The van der Waals surface area contributed by atoms with Crippen LogP contribution >= 0.6 is 15.9 Å². The Kier molecular flexibility index (Phi) is 4.78. The fraction of sp³-hybridized carbons (Fsp3) is 0.467. The minimum Gasteiger partial charge on any atom is -0.382 e. The van der Waals surface area contributed by atoms with Gasteiger partial charge in [-0.3, -0.25) is 0 Å². The van der Waals surface area contributed by atoms with E-state index < -0.39 is 10.0 Å². The van der Waals surface area contributed by atoms with E-state index in [0.29, 0.717) is 16.7 Å². The van der Waals surface area contributed by atoms with E-state index in [2.05, 4.69) is 32.5 Å². The van der Waals surface area contributed by atoms with Crippen LogP contribution in [0, 0.1) is 11.7 Å². The standard InChI is InChI=1S/C15H18BrFN2O3S/c1-2-23(20,21)19-8-11-4-3-9-7-18-14-12(15(9)22-11)5-10(16)6-13(14)17/h2,5-6,9,11,15,18-19H,1,3-4,7-8H2. The van der Waals surface area contributed by atoms with Gasteiger partial charge in [0.1, 0.15) is 5.82 Å². The van der Waals surface area contributed by atoms with Crippen molar-refractivity contribution in [2.45, 2.75) is 25.0 Å². The van der Waals surface area contributed by atoms with Gasteiger partial charge in [-0.25, -0.2) is 17.5 Å². The van der Waals surface area contributed by atoms with Gasteiger partial charge in [0, 0.05) is 34.5 Å². The van der Waals surface area contributed by atoms with Crippen LogP contribution in [0.3, 0.4) is 0 Å². The lowest BCUT2D eigenvalue weighted by Gasteiger charge is -2.41. The van der Waals surface area contributed by atoms with Crippen molar-refractivity contribution < 1.29 is 17.5 Å². The molecule has 5 nitrogen and oxygen atoms in total. The Morgan fingerprint density at radius 2 is 2.26 bits per heavy atom. The van der Waals surface area contributed by atoms with E-state index in [4.69, 9.17) is 4.74 Å². The van der Waals surface area contributed by atoms with Crippen molar-refractivity contribution in [1.29, 1.82) is 0 Å². The molecule has 126 valence electrons. The Labute approximate surface area is 143 Å². The lowest BCUT2D eigenvalue weighted by atomic mass is 9.84. The monoisotopic (exact) mass is 404 g/mol. The van der Waals surface area contributed by atoms with Gasteiger partial charge < -0.3 is 10.1 Å². The molecule has 1 aromatic carbocycles. The highest BCUT2D eigenvalue weighted by Gasteiger charge is 2.37. The molecule has 2 aliphatic rings. The summed E-state index contributed by atoms with van der Waals surface area (Å²) in [5, 5.41) is 4.02. The van der Waals surface area contributed by atoms with Crippen LogP contribution in [0.25, 0.3) is 0 Å². The molecule has 0 saturated carbocycles. The number of nitrogens with one attached hydrogen (secondary N) is 2. The predicted molar refractivity (Wildman–Crippen MR) is 90.0 cm³/mol. The van der Waals surface area contributed by atoms with Crippen LogP contribution in [-0.2, 0) is 14.8 Å². The number of benzene rings is 1. The van der Waals surface area contributed by atoms with Crippen LogP contribution in [0.1, 0.15) is 24.5 Å². The number of rotatable bonds is 4. The van der Waals surface area contributed by atoms with Gasteiger partial charge in [0.15, 0.2) is 0 Å². The van der Waals surface area contributed by atoms with Gasteiger partial charge in [0.05, 0.1) is 17.9 Å². The first-order valence-electron chi connectivity index (χ1n) is 7.40. The maximum Gasteiger partial charge on any atom is 0.233 e.